The van der Waals surface area contributed by atoms with Gasteiger partial charge in [0.15, 0.2) is 0 Å². The summed E-state index contributed by atoms with van der Waals surface area (Å²) in [6, 6.07) is 0. The van der Waals surface area contributed by atoms with E-state index in [1.165, 1.54) is 25.7 Å². The van der Waals surface area contributed by atoms with E-state index in [2.05, 4.69) is 4.90 Å². The second-order valence-electron chi connectivity index (χ2n) is 8.93. The average molecular weight is 407 g/mol. The quantitative estimate of drug-likeness (QED) is 0.614. The molecular formula is C22H38N4O3. The van der Waals surface area contributed by atoms with Gasteiger partial charge in [0, 0.05) is 59.2 Å². The highest BCUT2D eigenvalue weighted by Crippen LogP contribution is 2.20. The second kappa shape index (κ2) is 11.0. The number of likely N-dealkylation sites (N-methyl/N-ethyl adjacent to an activating group) is 1. The molecule has 0 radical (unpaired) electrons. The predicted octanol–water partition coefficient (Wildman–Crippen LogP) is 1.57. The zero-order valence-electron chi connectivity index (χ0n) is 18.1. The van der Waals surface area contributed by atoms with Gasteiger partial charge in [0.1, 0.15) is 0 Å². The van der Waals surface area contributed by atoms with Crippen molar-refractivity contribution in [3.63, 3.8) is 0 Å². The van der Waals surface area contributed by atoms with Crippen molar-refractivity contribution in [1.29, 1.82) is 0 Å². The Bertz CT molecular complexity index is 574. The lowest BCUT2D eigenvalue weighted by Gasteiger charge is -2.34. The average Bonchev–Trinajstić information content (AvgIpc) is 2.96. The van der Waals surface area contributed by atoms with Crippen LogP contribution >= 0.6 is 0 Å². The van der Waals surface area contributed by atoms with Crippen LogP contribution in [0.5, 0.6) is 0 Å². The van der Waals surface area contributed by atoms with Gasteiger partial charge >= 0.3 is 0 Å². The fraction of sp³-hybridized carbons (Fsp3) is 0.864. The van der Waals surface area contributed by atoms with E-state index in [1.54, 1.807) is 0 Å². The van der Waals surface area contributed by atoms with E-state index in [4.69, 9.17) is 0 Å². The highest BCUT2D eigenvalue weighted by molar-refractivity contribution is 5.83. The van der Waals surface area contributed by atoms with Gasteiger partial charge < -0.3 is 19.6 Å². The summed E-state index contributed by atoms with van der Waals surface area (Å²) in [5, 5.41) is 0. The molecule has 3 aliphatic heterocycles. The van der Waals surface area contributed by atoms with Gasteiger partial charge in [-0.3, -0.25) is 14.4 Å². The number of amides is 3. The summed E-state index contributed by atoms with van der Waals surface area (Å²) in [6.45, 7) is 6.73. The molecule has 0 saturated carbocycles. The molecule has 3 heterocycles. The van der Waals surface area contributed by atoms with Crippen molar-refractivity contribution in [3.8, 4) is 0 Å². The fourth-order valence-corrected chi connectivity index (χ4v) is 4.80. The van der Waals surface area contributed by atoms with E-state index in [-0.39, 0.29) is 23.6 Å². The number of hydrogen-bond donors (Lipinski definition) is 0. The van der Waals surface area contributed by atoms with Gasteiger partial charge in [0.05, 0.1) is 5.92 Å². The van der Waals surface area contributed by atoms with Crippen molar-refractivity contribution in [2.24, 2.45) is 5.92 Å². The first-order chi connectivity index (χ1) is 14.0. The molecule has 0 spiro atoms. The minimum absolute atomic E-state index is 0.0877. The van der Waals surface area contributed by atoms with Crippen LogP contribution in [0.2, 0.25) is 0 Å². The number of hydrogen-bond acceptors (Lipinski definition) is 4. The molecule has 3 saturated heterocycles. The molecule has 0 aliphatic carbocycles. The van der Waals surface area contributed by atoms with E-state index in [1.807, 2.05) is 21.7 Å². The Morgan fingerprint density at radius 1 is 0.897 bits per heavy atom. The molecule has 0 unspecified atom stereocenters. The molecular weight excluding hydrogens is 368 g/mol. The first kappa shape index (κ1) is 22.1. The molecule has 164 valence electrons. The predicted molar refractivity (Wildman–Crippen MR) is 112 cm³/mol. The van der Waals surface area contributed by atoms with Crippen LogP contribution in [-0.4, -0.2) is 96.7 Å². The van der Waals surface area contributed by atoms with Crippen LogP contribution in [0.4, 0.5) is 0 Å². The number of carbonyl (C=O) groups excluding carboxylic acids is 3. The van der Waals surface area contributed by atoms with E-state index in [0.717, 1.165) is 52.1 Å². The van der Waals surface area contributed by atoms with Crippen LogP contribution < -0.4 is 0 Å². The lowest BCUT2D eigenvalue weighted by atomic mass is 9.96. The lowest BCUT2D eigenvalue weighted by molar-refractivity contribution is -0.142. The molecule has 1 atom stereocenters. The van der Waals surface area contributed by atoms with Crippen LogP contribution in [0.15, 0.2) is 0 Å². The Hall–Kier alpha value is -1.63. The maximum Gasteiger partial charge on any atom is 0.227 e. The van der Waals surface area contributed by atoms with E-state index in [9.17, 15) is 14.4 Å². The molecule has 0 aromatic carbocycles. The third-order valence-corrected chi connectivity index (χ3v) is 6.70. The summed E-state index contributed by atoms with van der Waals surface area (Å²) in [5.41, 5.74) is 0. The fourth-order valence-electron chi connectivity index (χ4n) is 4.80. The van der Waals surface area contributed by atoms with Gasteiger partial charge in [0.2, 0.25) is 17.7 Å². The van der Waals surface area contributed by atoms with Crippen molar-refractivity contribution >= 4 is 17.7 Å². The van der Waals surface area contributed by atoms with Crippen LogP contribution in [0, 0.1) is 5.92 Å². The molecule has 0 N–H and O–H groups in total. The Balaban J connectivity index is 1.41. The zero-order valence-corrected chi connectivity index (χ0v) is 18.1. The van der Waals surface area contributed by atoms with Crippen molar-refractivity contribution in [3.05, 3.63) is 0 Å². The van der Waals surface area contributed by atoms with E-state index < -0.39 is 0 Å². The van der Waals surface area contributed by atoms with Crippen molar-refractivity contribution in [2.75, 3.05) is 59.4 Å². The summed E-state index contributed by atoms with van der Waals surface area (Å²) in [4.78, 5) is 45.0. The molecule has 7 heteroatoms. The highest BCUT2D eigenvalue weighted by Gasteiger charge is 2.32. The maximum atomic E-state index is 12.9. The Labute approximate surface area is 175 Å². The van der Waals surface area contributed by atoms with Crippen molar-refractivity contribution < 1.29 is 14.4 Å². The largest absolute Gasteiger partial charge is 0.344 e. The number of nitrogens with zero attached hydrogens (tertiary/aromatic N) is 4. The summed E-state index contributed by atoms with van der Waals surface area (Å²) in [6.07, 6.45) is 8.69. The Morgan fingerprint density at radius 2 is 1.59 bits per heavy atom. The smallest absolute Gasteiger partial charge is 0.227 e. The van der Waals surface area contributed by atoms with Gasteiger partial charge in [0.25, 0.3) is 0 Å². The summed E-state index contributed by atoms with van der Waals surface area (Å²) in [7, 11) is 1.90. The van der Waals surface area contributed by atoms with Gasteiger partial charge in [-0.25, -0.2) is 0 Å². The monoisotopic (exact) mass is 406 g/mol. The maximum absolute atomic E-state index is 12.9. The first-order valence-electron chi connectivity index (χ1n) is 11.6. The number of carbonyl (C=O) groups is 3. The third-order valence-electron chi connectivity index (χ3n) is 6.70. The standard InChI is InChI=1S/C22H38N4O3/c1-23(16-17-24-11-4-2-3-5-12-24)22(29)19-9-10-21(28)26(18-19)15-7-14-25-13-6-8-20(25)27/h19H,2-18H2,1H3/t19-/m0/s1. The van der Waals surface area contributed by atoms with Crippen molar-refractivity contribution in [1.82, 2.24) is 19.6 Å². The molecule has 3 aliphatic rings. The second-order valence-corrected chi connectivity index (χ2v) is 8.93. The summed E-state index contributed by atoms with van der Waals surface area (Å²) < 4.78 is 0. The molecule has 3 amide bonds. The van der Waals surface area contributed by atoms with Crippen LogP contribution in [-0.2, 0) is 14.4 Å². The molecule has 3 rings (SSSR count). The van der Waals surface area contributed by atoms with Gasteiger partial charge in [-0.1, -0.05) is 12.8 Å². The number of piperidine rings is 1. The van der Waals surface area contributed by atoms with Gasteiger partial charge in [-0.2, -0.15) is 0 Å². The van der Waals surface area contributed by atoms with Gasteiger partial charge in [-0.05, 0) is 45.2 Å². The summed E-state index contributed by atoms with van der Waals surface area (Å²) in [5.74, 6) is 0.463. The molecule has 0 bridgehead atoms. The minimum Gasteiger partial charge on any atom is -0.344 e. The third kappa shape index (κ3) is 6.43. The first-order valence-corrected chi connectivity index (χ1v) is 11.6. The minimum atomic E-state index is -0.0877. The SMILES string of the molecule is CN(CCN1CCCCCC1)C(=O)[C@H]1CCC(=O)N(CCCN2CCCC2=O)C1. The Kier molecular flexibility index (Phi) is 8.33. The molecule has 3 fully saturated rings. The van der Waals surface area contributed by atoms with E-state index >= 15 is 0 Å². The Morgan fingerprint density at radius 3 is 2.28 bits per heavy atom. The normalized spacial score (nSPS) is 24.1. The van der Waals surface area contributed by atoms with Crippen LogP contribution in [0.25, 0.3) is 0 Å². The lowest BCUT2D eigenvalue weighted by Crippen LogP contribution is -2.48. The molecule has 29 heavy (non-hydrogen) atoms. The topological polar surface area (TPSA) is 64.2 Å². The van der Waals surface area contributed by atoms with Crippen LogP contribution in [0.3, 0.4) is 0 Å². The highest BCUT2D eigenvalue weighted by atomic mass is 16.2. The number of rotatable bonds is 8. The van der Waals surface area contributed by atoms with Crippen LogP contribution in [0.1, 0.15) is 57.8 Å². The van der Waals surface area contributed by atoms with Crippen molar-refractivity contribution in [2.45, 2.75) is 57.8 Å². The molecule has 0 aromatic heterocycles. The molecule has 7 nitrogen and oxygen atoms in total. The molecule has 0 aromatic rings. The summed E-state index contributed by atoms with van der Waals surface area (Å²) >= 11 is 0. The number of likely N-dealkylation sites (tertiary alicyclic amines) is 3. The van der Waals surface area contributed by atoms with E-state index in [0.29, 0.717) is 32.4 Å². The van der Waals surface area contributed by atoms with Gasteiger partial charge in [-0.15, -0.1) is 0 Å². The zero-order chi connectivity index (χ0) is 20.6.